The van der Waals surface area contributed by atoms with Crippen LogP contribution in [0.3, 0.4) is 0 Å². The average molecular weight is 319 g/mol. The van der Waals surface area contributed by atoms with E-state index in [1.165, 1.54) is 0 Å². The van der Waals surface area contributed by atoms with Gasteiger partial charge in [-0.3, -0.25) is 9.59 Å². The van der Waals surface area contributed by atoms with Gasteiger partial charge in [-0.2, -0.15) is 0 Å². The van der Waals surface area contributed by atoms with Crippen molar-refractivity contribution in [2.75, 3.05) is 6.61 Å². The summed E-state index contributed by atoms with van der Waals surface area (Å²) in [6.07, 6.45) is -0.180. The van der Waals surface area contributed by atoms with E-state index < -0.39 is 5.97 Å². The molecule has 1 heterocycles. The van der Waals surface area contributed by atoms with Gasteiger partial charge in [0.15, 0.2) is 11.6 Å². The smallest absolute Gasteiger partial charge is 0.309 e. The van der Waals surface area contributed by atoms with E-state index in [4.69, 9.17) is 9.84 Å². The Balaban J connectivity index is 2.06. The molecular weight excluding hydrogens is 302 g/mol. The molecule has 0 saturated carbocycles. The second-order valence-electron chi connectivity index (χ2n) is 5.08. The maximum Gasteiger partial charge on any atom is 0.309 e. The van der Waals surface area contributed by atoms with Gasteiger partial charge in [-0.25, -0.2) is 4.98 Å². The standard InChI is InChI=1S/C16H17NO4S/c1-9-4-5-10(2)15(11(9)3)21-7-13(18)16-17-12(8-22-16)6-14(19)20/h4-5,8H,6-7H2,1-3H3,(H,19,20). The van der Waals surface area contributed by atoms with Gasteiger partial charge in [0.2, 0.25) is 5.78 Å². The van der Waals surface area contributed by atoms with Gasteiger partial charge in [0.05, 0.1) is 12.1 Å². The molecule has 0 bridgehead atoms. The fourth-order valence-electron chi connectivity index (χ4n) is 2.02. The van der Waals surface area contributed by atoms with Crippen LogP contribution in [0.2, 0.25) is 0 Å². The molecule has 0 amide bonds. The molecule has 1 aromatic heterocycles. The van der Waals surface area contributed by atoms with Crippen molar-refractivity contribution in [1.29, 1.82) is 0 Å². The first kappa shape index (κ1) is 16.2. The summed E-state index contributed by atoms with van der Waals surface area (Å²) in [4.78, 5) is 26.8. The Bertz CT molecular complexity index is 721. The zero-order valence-corrected chi connectivity index (χ0v) is 13.5. The van der Waals surface area contributed by atoms with E-state index in [1.54, 1.807) is 5.38 Å². The van der Waals surface area contributed by atoms with Gasteiger partial charge in [0, 0.05) is 5.38 Å². The molecule has 0 saturated heterocycles. The molecule has 1 aromatic carbocycles. The lowest BCUT2D eigenvalue weighted by Crippen LogP contribution is -2.13. The number of carboxylic acid groups (broad SMARTS) is 1. The van der Waals surface area contributed by atoms with E-state index in [-0.39, 0.29) is 23.8 Å². The third kappa shape index (κ3) is 3.71. The summed E-state index contributed by atoms with van der Waals surface area (Å²) in [7, 11) is 0. The molecule has 22 heavy (non-hydrogen) atoms. The van der Waals surface area contributed by atoms with E-state index >= 15 is 0 Å². The molecule has 116 valence electrons. The first-order valence-corrected chi connectivity index (χ1v) is 7.65. The van der Waals surface area contributed by atoms with Crippen LogP contribution in [0.25, 0.3) is 0 Å². The third-order valence-corrected chi connectivity index (χ3v) is 4.28. The molecule has 5 nitrogen and oxygen atoms in total. The van der Waals surface area contributed by atoms with E-state index in [2.05, 4.69) is 4.98 Å². The first-order valence-electron chi connectivity index (χ1n) is 6.77. The van der Waals surface area contributed by atoms with Crippen molar-refractivity contribution in [2.24, 2.45) is 0 Å². The van der Waals surface area contributed by atoms with Crippen LogP contribution in [0.15, 0.2) is 17.5 Å². The minimum Gasteiger partial charge on any atom is -0.485 e. The fraction of sp³-hybridized carbons (Fsp3) is 0.312. The van der Waals surface area contributed by atoms with Crippen LogP contribution >= 0.6 is 11.3 Å². The number of hydrogen-bond acceptors (Lipinski definition) is 5. The molecule has 0 unspecified atom stereocenters. The largest absolute Gasteiger partial charge is 0.485 e. The van der Waals surface area contributed by atoms with Crippen molar-refractivity contribution >= 4 is 23.1 Å². The molecule has 0 spiro atoms. The van der Waals surface area contributed by atoms with E-state index in [1.807, 2.05) is 32.9 Å². The van der Waals surface area contributed by atoms with Crippen LogP contribution < -0.4 is 4.74 Å². The minimum absolute atomic E-state index is 0.106. The summed E-state index contributed by atoms with van der Waals surface area (Å²) in [5.74, 6) is -0.496. The number of carboxylic acids is 1. The topological polar surface area (TPSA) is 76.5 Å². The van der Waals surface area contributed by atoms with Crippen LogP contribution in [-0.4, -0.2) is 28.4 Å². The number of thiazole rings is 1. The Morgan fingerprint density at radius 3 is 2.59 bits per heavy atom. The molecule has 0 atom stereocenters. The zero-order valence-electron chi connectivity index (χ0n) is 12.7. The first-order chi connectivity index (χ1) is 10.4. The van der Waals surface area contributed by atoms with E-state index in [9.17, 15) is 9.59 Å². The maximum atomic E-state index is 12.1. The molecule has 0 aliphatic carbocycles. The monoisotopic (exact) mass is 319 g/mol. The lowest BCUT2D eigenvalue weighted by atomic mass is 10.1. The number of aromatic nitrogens is 1. The molecule has 0 fully saturated rings. The maximum absolute atomic E-state index is 12.1. The van der Waals surface area contributed by atoms with Crippen LogP contribution in [0.4, 0.5) is 0 Å². The van der Waals surface area contributed by atoms with Gasteiger partial charge in [0.1, 0.15) is 5.75 Å². The van der Waals surface area contributed by atoms with Crippen molar-refractivity contribution in [2.45, 2.75) is 27.2 Å². The lowest BCUT2D eigenvalue weighted by Gasteiger charge is -2.12. The van der Waals surface area contributed by atoms with E-state index in [0.29, 0.717) is 5.69 Å². The molecule has 2 aromatic rings. The van der Waals surface area contributed by atoms with Gasteiger partial charge in [0.25, 0.3) is 0 Å². The lowest BCUT2D eigenvalue weighted by molar-refractivity contribution is -0.136. The molecule has 0 radical (unpaired) electrons. The Hall–Kier alpha value is -2.21. The number of Topliss-reactive ketones (excluding diaryl/α,β-unsaturated/α-hetero) is 1. The number of carbonyl (C=O) groups excluding carboxylic acids is 1. The molecule has 6 heteroatoms. The number of ketones is 1. The predicted molar refractivity (Wildman–Crippen MR) is 83.9 cm³/mol. The molecule has 2 rings (SSSR count). The summed E-state index contributed by atoms with van der Waals surface area (Å²) in [6.45, 7) is 5.77. The van der Waals surface area contributed by atoms with Gasteiger partial charge in [-0.15, -0.1) is 11.3 Å². The highest BCUT2D eigenvalue weighted by atomic mass is 32.1. The molecule has 1 N–H and O–H groups in total. The zero-order chi connectivity index (χ0) is 16.3. The van der Waals surface area contributed by atoms with Gasteiger partial charge >= 0.3 is 5.97 Å². The number of aryl methyl sites for hydroxylation is 2. The number of ether oxygens (including phenoxy) is 1. The summed E-state index contributed by atoms with van der Waals surface area (Å²) >= 11 is 1.14. The SMILES string of the molecule is Cc1ccc(C)c(OCC(=O)c2nc(CC(=O)O)cs2)c1C. The highest BCUT2D eigenvalue weighted by Gasteiger charge is 2.15. The number of hydrogen-bond donors (Lipinski definition) is 1. The Morgan fingerprint density at radius 1 is 1.23 bits per heavy atom. The quantitative estimate of drug-likeness (QED) is 0.828. The van der Waals surface area contributed by atoms with Crippen molar-refractivity contribution in [3.05, 3.63) is 44.9 Å². The number of aliphatic carboxylic acids is 1. The second-order valence-corrected chi connectivity index (χ2v) is 5.94. The number of carbonyl (C=O) groups is 2. The van der Waals surface area contributed by atoms with Crippen LogP contribution in [0.5, 0.6) is 5.75 Å². The summed E-state index contributed by atoms with van der Waals surface area (Å²) < 4.78 is 5.66. The Morgan fingerprint density at radius 2 is 1.91 bits per heavy atom. The molecule has 0 aliphatic heterocycles. The van der Waals surface area contributed by atoms with Crippen molar-refractivity contribution in [3.63, 3.8) is 0 Å². The van der Waals surface area contributed by atoms with Crippen molar-refractivity contribution in [1.82, 2.24) is 4.98 Å². The number of nitrogens with zero attached hydrogens (tertiary/aromatic N) is 1. The number of benzene rings is 1. The van der Waals surface area contributed by atoms with Gasteiger partial charge < -0.3 is 9.84 Å². The van der Waals surface area contributed by atoms with Crippen molar-refractivity contribution in [3.8, 4) is 5.75 Å². The van der Waals surface area contributed by atoms with Crippen molar-refractivity contribution < 1.29 is 19.4 Å². The van der Waals surface area contributed by atoms with Gasteiger partial charge in [-0.05, 0) is 37.5 Å². The predicted octanol–water partition coefficient (Wildman–Crippen LogP) is 2.96. The Labute approximate surface area is 132 Å². The highest BCUT2D eigenvalue weighted by Crippen LogP contribution is 2.26. The summed E-state index contributed by atoms with van der Waals surface area (Å²) in [5, 5.41) is 10.6. The summed E-state index contributed by atoms with van der Waals surface area (Å²) in [5.41, 5.74) is 3.48. The number of rotatable bonds is 6. The van der Waals surface area contributed by atoms with E-state index in [0.717, 1.165) is 33.8 Å². The fourth-order valence-corrected chi connectivity index (χ4v) is 2.76. The average Bonchev–Trinajstić information content (AvgIpc) is 2.90. The Kier molecular flexibility index (Phi) is 4.92. The summed E-state index contributed by atoms with van der Waals surface area (Å²) in [6, 6.07) is 3.97. The minimum atomic E-state index is -0.966. The van der Waals surface area contributed by atoms with Gasteiger partial charge in [-0.1, -0.05) is 12.1 Å². The molecular formula is C16H17NO4S. The van der Waals surface area contributed by atoms with Crippen LogP contribution in [0, 0.1) is 20.8 Å². The van der Waals surface area contributed by atoms with Crippen LogP contribution in [-0.2, 0) is 11.2 Å². The normalized spacial score (nSPS) is 10.5. The van der Waals surface area contributed by atoms with Crippen LogP contribution in [0.1, 0.15) is 32.2 Å². The molecule has 0 aliphatic rings. The third-order valence-electron chi connectivity index (χ3n) is 3.34. The highest BCUT2D eigenvalue weighted by molar-refractivity contribution is 7.11. The second kappa shape index (κ2) is 6.70.